The zero-order valence-corrected chi connectivity index (χ0v) is 17.2. The Labute approximate surface area is 161 Å². The first-order valence-electron chi connectivity index (χ1n) is 10.1. The van der Waals surface area contributed by atoms with E-state index in [0.29, 0.717) is 24.0 Å². The molecule has 0 spiro atoms. The van der Waals surface area contributed by atoms with Crippen molar-refractivity contribution < 1.29 is 4.74 Å². The molecular weight excluding hydrogens is 340 g/mol. The zero-order valence-electron chi connectivity index (χ0n) is 17.2. The molecule has 0 bridgehead atoms. The van der Waals surface area contributed by atoms with E-state index in [1.165, 1.54) is 0 Å². The Morgan fingerprint density at radius 3 is 2.56 bits per heavy atom. The van der Waals surface area contributed by atoms with Gasteiger partial charge in [0.05, 0.1) is 24.1 Å². The monoisotopic (exact) mass is 372 g/mol. The van der Waals surface area contributed by atoms with E-state index in [2.05, 4.69) is 31.0 Å². The lowest BCUT2D eigenvalue weighted by Crippen LogP contribution is -2.55. The molecule has 2 heterocycles. The van der Waals surface area contributed by atoms with E-state index in [1.54, 1.807) is 7.11 Å². The highest BCUT2D eigenvalue weighted by Crippen LogP contribution is 2.28. The second-order valence-corrected chi connectivity index (χ2v) is 7.63. The van der Waals surface area contributed by atoms with Gasteiger partial charge in [0.15, 0.2) is 0 Å². The molecule has 3 rings (SSSR count). The molecule has 1 N–H and O–H groups in total. The molecule has 1 fully saturated rings. The molecule has 1 aliphatic rings. The molecule has 3 atom stereocenters. The standard InChI is InChI=1S/C21H32N4O2/c1-6-8-19(24-12-14(3)22-15(4)13-24)20-23-18-11-16(27-5)9-10-17(18)21(26)25(20)7-2/h9-11,14-15,19,22H,6-8,12-13H2,1-5H3/t14-,15+,19?. The summed E-state index contributed by atoms with van der Waals surface area (Å²) < 4.78 is 7.20. The van der Waals surface area contributed by atoms with E-state index in [0.717, 1.165) is 43.0 Å². The minimum atomic E-state index is 0.0393. The third-order valence-corrected chi connectivity index (χ3v) is 5.39. The van der Waals surface area contributed by atoms with Crippen LogP contribution in [0.5, 0.6) is 5.75 Å². The molecule has 1 unspecified atom stereocenters. The third kappa shape index (κ3) is 4.01. The minimum Gasteiger partial charge on any atom is -0.497 e. The molecule has 1 aromatic carbocycles. The smallest absolute Gasteiger partial charge is 0.261 e. The first kappa shape index (κ1) is 19.8. The van der Waals surface area contributed by atoms with Crippen LogP contribution in [-0.4, -0.2) is 46.7 Å². The van der Waals surface area contributed by atoms with Crippen molar-refractivity contribution in [3.8, 4) is 5.75 Å². The molecule has 0 aliphatic carbocycles. The highest BCUT2D eigenvalue weighted by molar-refractivity contribution is 5.79. The Bertz CT molecular complexity index is 838. The quantitative estimate of drug-likeness (QED) is 0.845. The summed E-state index contributed by atoms with van der Waals surface area (Å²) in [5.74, 6) is 1.61. The van der Waals surface area contributed by atoms with Crippen molar-refractivity contribution in [1.29, 1.82) is 0 Å². The van der Waals surface area contributed by atoms with Crippen LogP contribution in [0.25, 0.3) is 10.9 Å². The summed E-state index contributed by atoms with van der Waals surface area (Å²) in [4.78, 5) is 20.6. The van der Waals surface area contributed by atoms with Gasteiger partial charge in [0.25, 0.3) is 5.56 Å². The minimum absolute atomic E-state index is 0.0393. The highest BCUT2D eigenvalue weighted by atomic mass is 16.5. The number of aromatic nitrogens is 2. The predicted octanol–water partition coefficient (Wildman–Crippen LogP) is 2.95. The maximum atomic E-state index is 13.2. The molecule has 148 valence electrons. The lowest BCUT2D eigenvalue weighted by atomic mass is 10.0. The Kier molecular flexibility index (Phi) is 6.17. The van der Waals surface area contributed by atoms with Crippen molar-refractivity contribution in [2.24, 2.45) is 0 Å². The van der Waals surface area contributed by atoms with Crippen molar-refractivity contribution >= 4 is 10.9 Å². The van der Waals surface area contributed by atoms with E-state index in [-0.39, 0.29) is 11.6 Å². The first-order chi connectivity index (χ1) is 13.0. The van der Waals surface area contributed by atoms with Crippen molar-refractivity contribution in [3.63, 3.8) is 0 Å². The second kappa shape index (κ2) is 8.40. The molecule has 0 saturated carbocycles. The van der Waals surface area contributed by atoms with E-state index < -0.39 is 0 Å². The summed E-state index contributed by atoms with van der Waals surface area (Å²) >= 11 is 0. The summed E-state index contributed by atoms with van der Waals surface area (Å²) in [5.41, 5.74) is 0.758. The number of nitrogens with zero attached hydrogens (tertiary/aromatic N) is 3. The Morgan fingerprint density at radius 1 is 1.26 bits per heavy atom. The van der Waals surface area contributed by atoms with Crippen LogP contribution in [0, 0.1) is 0 Å². The number of piperazine rings is 1. The highest BCUT2D eigenvalue weighted by Gasteiger charge is 2.30. The molecule has 0 amide bonds. The van der Waals surface area contributed by atoms with Crippen molar-refractivity contribution in [3.05, 3.63) is 34.4 Å². The molecule has 2 aromatic rings. The van der Waals surface area contributed by atoms with Crippen molar-refractivity contribution in [2.45, 2.75) is 65.2 Å². The molecular formula is C21H32N4O2. The van der Waals surface area contributed by atoms with Gasteiger partial charge >= 0.3 is 0 Å². The van der Waals surface area contributed by atoms with Crippen LogP contribution in [-0.2, 0) is 6.54 Å². The van der Waals surface area contributed by atoms with Gasteiger partial charge in [-0.3, -0.25) is 14.3 Å². The molecule has 6 nitrogen and oxygen atoms in total. The SMILES string of the molecule is CCCC(c1nc2cc(OC)ccc2c(=O)n1CC)N1C[C@@H](C)N[C@@H](C)C1. The lowest BCUT2D eigenvalue weighted by molar-refractivity contribution is 0.109. The zero-order chi connectivity index (χ0) is 19.6. The lowest BCUT2D eigenvalue weighted by Gasteiger charge is -2.41. The van der Waals surface area contributed by atoms with Gasteiger partial charge in [-0.1, -0.05) is 13.3 Å². The van der Waals surface area contributed by atoms with E-state index in [4.69, 9.17) is 9.72 Å². The number of rotatable bonds is 6. The topological polar surface area (TPSA) is 59.4 Å². The molecule has 1 saturated heterocycles. The van der Waals surface area contributed by atoms with Gasteiger partial charge in [-0.15, -0.1) is 0 Å². The summed E-state index contributed by atoms with van der Waals surface area (Å²) in [7, 11) is 1.64. The Balaban J connectivity index is 2.14. The Hall–Kier alpha value is -1.92. The summed E-state index contributed by atoms with van der Waals surface area (Å²) in [6, 6.07) is 6.51. The number of fused-ring (bicyclic) bond motifs is 1. The third-order valence-electron chi connectivity index (χ3n) is 5.39. The van der Waals surface area contributed by atoms with Crippen LogP contribution in [0.1, 0.15) is 52.4 Å². The van der Waals surface area contributed by atoms with Crippen LogP contribution < -0.4 is 15.6 Å². The van der Waals surface area contributed by atoms with Gasteiger partial charge in [-0.25, -0.2) is 4.98 Å². The largest absolute Gasteiger partial charge is 0.497 e. The number of nitrogens with one attached hydrogen (secondary N) is 1. The summed E-state index contributed by atoms with van der Waals surface area (Å²) in [5, 5.41) is 4.25. The van der Waals surface area contributed by atoms with Crippen molar-refractivity contribution in [2.75, 3.05) is 20.2 Å². The fraction of sp³-hybridized carbons (Fsp3) is 0.619. The molecule has 0 radical (unpaired) electrons. The normalized spacial score (nSPS) is 22.1. The maximum absolute atomic E-state index is 13.2. The summed E-state index contributed by atoms with van der Waals surface area (Å²) in [6.45, 7) is 11.2. The van der Waals surface area contributed by atoms with Crippen LogP contribution in [0.3, 0.4) is 0 Å². The maximum Gasteiger partial charge on any atom is 0.261 e. The van der Waals surface area contributed by atoms with Crippen LogP contribution in [0.15, 0.2) is 23.0 Å². The fourth-order valence-electron chi connectivity index (χ4n) is 4.28. The molecule has 1 aliphatic heterocycles. The van der Waals surface area contributed by atoms with Gasteiger partial charge in [0, 0.05) is 37.8 Å². The average molecular weight is 373 g/mol. The van der Waals surface area contributed by atoms with Crippen LogP contribution in [0.2, 0.25) is 0 Å². The predicted molar refractivity (Wildman–Crippen MR) is 110 cm³/mol. The number of hydrogen-bond donors (Lipinski definition) is 1. The number of methoxy groups -OCH3 is 1. The van der Waals surface area contributed by atoms with Crippen LogP contribution >= 0.6 is 0 Å². The molecule has 1 aromatic heterocycles. The van der Waals surface area contributed by atoms with E-state index in [1.807, 2.05) is 29.7 Å². The van der Waals surface area contributed by atoms with Gasteiger partial charge in [0.2, 0.25) is 0 Å². The average Bonchev–Trinajstić information content (AvgIpc) is 2.64. The van der Waals surface area contributed by atoms with Crippen LogP contribution in [0.4, 0.5) is 0 Å². The number of hydrogen-bond acceptors (Lipinski definition) is 5. The molecule has 27 heavy (non-hydrogen) atoms. The van der Waals surface area contributed by atoms with Gasteiger partial charge in [0.1, 0.15) is 11.6 Å². The molecule has 6 heteroatoms. The fourth-order valence-corrected chi connectivity index (χ4v) is 4.28. The van der Waals surface area contributed by atoms with E-state index in [9.17, 15) is 4.79 Å². The van der Waals surface area contributed by atoms with Gasteiger partial charge < -0.3 is 10.1 Å². The van der Waals surface area contributed by atoms with Gasteiger partial charge in [-0.05, 0) is 39.3 Å². The van der Waals surface area contributed by atoms with Crippen molar-refractivity contribution in [1.82, 2.24) is 19.8 Å². The Morgan fingerprint density at radius 2 is 1.96 bits per heavy atom. The number of ether oxygens (including phenoxy) is 1. The number of benzene rings is 1. The summed E-state index contributed by atoms with van der Waals surface area (Å²) in [6.07, 6.45) is 2.04. The van der Waals surface area contributed by atoms with E-state index >= 15 is 0 Å². The second-order valence-electron chi connectivity index (χ2n) is 7.63. The van der Waals surface area contributed by atoms with Gasteiger partial charge in [-0.2, -0.15) is 0 Å². The first-order valence-corrected chi connectivity index (χ1v) is 10.1.